The molecule has 0 unspecified atom stereocenters. The monoisotopic (exact) mass is 175 g/mol. The largest absolute Gasteiger partial charge is 0.411 e. The van der Waals surface area contributed by atoms with Crippen molar-refractivity contribution in [3.8, 4) is 0 Å². The van der Waals surface area contributed by atoms with Crippen LogP contribution >= 0.6 is 0 Å². The maximum atomic E-state index is 8.82. The van der Waals surface area contributed by atoms with E-state index < -0.39 is 0 Å². The van der Waals surface area contributed by atoms with Gasteiger partial charge in [-0.05, 0) is 37.8 Å². The zero-order valence-corrected chi connectivity index (χ0v) is 7.75. The molecule has 0 radical (unpaired) electrons. The SMILES string of the molecule is Cc1ccc2c(c1)/C(=N/O)CCC2. The van der Waals surface area contributed by atoms with Crippen LogP contribution in [0.2, 0.25) is 0 Å². The summed E-state index contributed by atoms with van der Waals surface area (Å²) in [5, 5.41) is 12.2. The molecule has 0 saturated heterocycles. The Kier molecular flexibility index (Phi) is 2.05. The van der Waals surface area contributed by atoms with Crippen molar-refractivity contribution in [3.63, 3.8) is 0 Å². The molecule has 0 aliphatic heterocycles. The smallest absolute Gasteiger partial charge is 0.0870 e. The number of benzene rings is 1. The lowest BCUT2D eigenvalue weighted by Gasteiger charge is -2.16. The Balaban J connectivity index is 2.54. The van der Waals surface area contributed by atoms with Crippen molar-refractivity contribution >= 4 is 5.71 Å². The summed E-state index contributed by atoms with van der Waals surface area (Å²) in [7, 11) is 0. The van der Waals surface area contributed by atoms with E-state index in [1.807, 2.05) is 0 Å². The molecule has 0 spiro atoms. The maximum absolute atomic E-state index is 8.82. The van der Waals surface area contributed by atoms with Gasteiger partial charge in [-0.15, -0.1) is 0 Å². The molecule has 1 aliphatic rings. The fraction of sp³-hybridized carbons (Fsp3) is 0.364. The molecule has 1 aliphatic carbocycles. The third kappa shape index (κ3) is 1.44. The van der Waals surface area contributed by atoms with Gasteiger partial charge in [0.2, 0.25) is 0 Å². The van der Waals surface area contributed by atoms with Gasteiger partial charge in [-0.25, -0.2) is 0 Å². The second kappa shape index (κ2) is 3.21. The average Bonchev–Trinajstić information content (AvgIpc) is 2.17. The molecule has 0 bridgehead atoms. The summed E-state index contributed by atoms with van der Waals surface area (Å²) in [5.41, 5.74) is 4.50. The van der Waals surface area contributed by atoms with Crippen LogP contribution in [0.15, 0.2) is 23.4 Å². The third-order valence-electron chi connectivity index (χ3n) is 2.56. The Hall–Kier alpha value is -1.31. The molecule has 1 N–H and O–H groups in total. The van der Waals surface area contributed by atoms with Crippen molar-refractivity contribution in [2.24, 2.45) is 5.16 Å². The summed E-state index contributed by atoms with van der Waals surface area (Å²) in [6.07, 6.45) is 3.09. The number of hydrogen-bond donors (Lipinski definition) is 1. The van der Waals surface area contributed by atoms with Crippen LogP contribution in [0.4, 0.5) is 0 Å². The minimum atomic E-state index is 0.838. The fourth-order valence-corrected chi connectivity index (χ4v) is 1.86. The number of rotatable bonds is 0. The molecular weight excluding hydrogens is 162 g/mol. The van der Waals surface area contributed by atoms with Gasteiger partial charge in [0.15, 0.2) is 0 Å². The number of nitrogens with zero attached hydrogens (tertiary/aromatic N) is 1. The summed E-state index contributed by atoms with van der Waals surface area (Å²) in [6.45, 7) is 2.06. The first-order chi connectivity index (χ1) is 6.31. The van der Waals surface area contributed by atoms with E-state index in [9.17, 15) is 0 Å². The van der Waals surface area contributed by atoms with E-state index in [2.05, 4.69) is 30.3 Å². The van der Waals surface area contributed by atoms with E-state index in [4.69, 9.17) is 5.21 Å². The standard InChI is InChI=1S/C11H13NO/c1-8-5-6-9-3-2-4-11(12-13)10(9)7-8/h5-7,13H,2-4H2,1H3/b12-11+. The molecule has 2 rings (SSSR count). The zero-order chi connectivity index (χ0) is 9.26. The van der Waals surface area contributed by atoms with Gasteiger partial charge in [-0.1, -0.05) is 22.9 Å². The lowest BCUT2D eigenvalue weighted by atomic mass is 9.89. The maximum Gasteiger partial charge on any atom is 0.0870 e. The zero-order valence-electron chi connectivity index (χ0n) is 7.75. The van der Waals surface area contributed by atoms with Gasteiger partial charge in [0.1, 0.15) is 0 Å². The Labute approximate surface area is 77.9 Å². The van der Waals surface area contributed by atoms with Crippen LogP contribution in [0.1, 0.15) is 29.5 Å². The highest BCUT2D eigenvalue weighted by Gasteiger charge is 2.15. The fourth-order valence-electron chi connectivity index (χ4n) is 1.86. The molecule has 1 aromatic rings. The average molecular weight is 175 g/mol. The highest BCUT2D eigenvalue weighted by atomic mass is 16.4. The van der Waals surface area contributed by atoms with Gasteiger partial charge < -0.3 is 5.21 Å². The van der Waals surface area contributed by atoms with Gasteiger partial charge >= 0.3 is 0 Å². The normalized spacial score (nSPS) is 18.7. The van der Waals surface area contributed by atoms with Crippen LogP contribution in [0.5, 0.6) is 0 Å². The van der Waals surface area contributed by atoms with Gasteiger partial charge in [-0.2, -0.15) is 0 Å². The number of aryl methyl sites for hydroxylation is 2. The molecule has 0 atom stereocenters. The molecule has 0 aromatic heterocycles. The first-order valence-corrected chi connectivity index (χ1v) is 4.62. The number of hydrogen-bond acceptors (Lipinski definition) is 2. The summed E-state index contributed by atoms with van der Waals surface area (Å²) in [5.74, 6) is 0. The van der Waals surface area contributed by atoms with Crippen molar-refractivity contribution in [3.05, 3.63) is 34.9 Å². The molecule has 0 saturated carbocycles. The Morgan fingerprint density at radius 3 is 2.92 bits per heavy atom. The van der Waals surface area contributed by atoms with E-state index in [0.29, 0.717) is 0 Å². The lowest BCUT2D eigenvalue weighted by Crippen LogP contribution is -2.11. The first-order valence-electron chi connectivity index (χ1n) is 4.62. The van der Waals surface area contributed by atoms with E-state index in [0.717, 1.165) is 30.5 Å². The van der Waals surface area contributed by atoms with Gasteiger partial charge in [0, 0.05) is 5.56 Å². The predicted molar refractivity (Wildman–Crippen MR) is 52.4 cm³/mol. The molecule has 0 heterocycles. The molecule has 1 aromatic carbocycles. The van der Waals surface area contributed by atoms with Crippen molar-refractivity contribution in [2.75, 3.05) is 0 Å². The van der Waals surface area contributed by atoms with Gasteiger partial charge in [0.25, 0.3) is 0 Å². The predicted octanol–water partition coefficient (Wildman–Crippen LogP) is 2.51. The molecule has 0 amide bonds. The van der Waals surface area contributed by atoms with E-state index in [1.165, 1.54) is 11.1 Å². The number of fused-ring (bicyclic) bond motifs is 1. The van der Waals surface area contributed by atoms with Crippen molar-refractivity contribution in [2.45, 2.75) is 26.2 Å². The summed E-state index contributed by atoms with van der Waals surface area (Å²) >= 11 is 0. The second-order valence-corrected chi connectivity index (χ2v) is 3.56. The Morgan fingerprint density at radius 2 is 2.15 bits per heavy atom. The van der Waals surface area contributed by atoms with Crippen molar-refractivity contribution in [1.82, 2.24) is 0 Å². The summed E-state index contributed by atoms with van der Waals surface area (Å²) < 4.78 is 0. The second-order valence-electron chi connectivity index (χ2n) is 3.56. The Bertz CT molecular complexity index is 355. The molecule has 2 heteroatoms. The van der Waals surface area contributed by atoms with Crippen LogP contribution in [0, 0.1) is 6.92 Å². The van der Waals surface area contributed by atoms with Crippen LogP contribution in [-0.2, 0) is 6.42 Å². The van der Waals surface area contributed by atoms with Crippen LogP contribution in [0.25, 0.3) is 0 Å². The first kappa shape index (κ1) is 8.30. The van der Waals surface area contributed by atoms with Gasteiger partial charge in [-0.3, -0.25) is 0 Å². The quantitative estimate of drug-likeness (QED) is 0.477. The molecular formula is C11H13NO. The van der Waals surface area contributed by atoms with Crippen LogP contribution in [-0.4, -0.2) is 10.9 Å². The molecule has 13 heavy (non-hydrogen) atoms. The van der Waals surface area contributed by atoms with Crippen molar-refractivity contribution < 1.29 is 5.21 Å². The molecule has 0 fully saturated rings. The summed E-state index contributed by atoms with van der Waals surface area (Å²) in [6, 6.07) is 6.34. The van der Waals surface area contributed by atoms with Crippen LogP contribution in [0.3, 0.4) is 0 Å². The number of oxime groups is 1. The molecule has 2 nitrogen and oxygen atoms in total. The summed E-state index contributed by atoms with van der Waals surface area (Å²) in [4.78, 5) is 0. The van der Waals surface area contributed by atoms with E-state index >= 15 is 0 Å². The van der Waals surface area contributed by atoms with E-state index in [1.54, 1.807) is 0 Å². The third-order valence-corrected chi connectivity index (χ3v) is 2.56. The topological polar surface area (TPSA) is 32.6 Å². The van der Waals surface area contributed by atoms with E-state index in [-0.39, 0.29) is 0 Å². The van der Waals surface area contributed by atoms with Gasteiger partial charge in [0.05, 0.1) is 5.71 Å². The Morgan fingerprint density at radius 1 is 1.31 bits per heavy atom. The lowest BCUT2D eigenvalue weighted by molar-refractivity contribution is 0.317. The van der Waals surface area contributed by atoms with Crippen LogP contribution < -0.4 is 0 Å². The molecule has 68 valence electrons. The highest BCUT2D eigenvalue weighted by molar-refractivity contribution is 6.02. The minimum Gasteiger partial charge on any atom is -0.411 e. The minimum absolute atomic E-state index is 0.838. The van der Waals surface area contributed by atoms with Crippen molar-refractivity contribution in [1.29, 1.82) is 0 Å². The highest BCUT2D eigenvalue weighted by Crippen LogP contribution is 2.22.